The molecule has 25 heavy (non-hydrogen) atoms. The number of carbonyl (C=O) groups is 1. The van der Waals surface area contributed by atoms with E-state index in [4.69, 9.17) is 20.8 Å². The number of esters is 1. The van der Waals surface area contributed by atoms with Gasteiger partial charge in [0.2, 0.25) is 0 Å². The zero-order valence-corrected chi connectivity index (χ0v) is 14.3. The predicted molar refractivity (Wildman–Crippen MR) is 96.0 cm³/mol. The summed E-state index contributed by atoms with van der Waals surface area (Å²) in [6.07, 6.45) is 1.60. The van der Waals surface area contributed by atoms with Crippen molar-refractivity contribution >= 4 is 39.6 Å². The van der Waals surface area contributed by atoms with Crippen LogP contribution < -0.4 is 0 Å². The first kappa shape index (κ1) is 15.7. The van der Waals surface area contributed by atoms with Gasteiger partial charge in [0, 0.05) is 18.8 Å². The van der Waals surface area contributed by atoms with Crippen LogP contribution in [0.15, 0.2) is 53.1 Å². The molecule has 0 unspecified atom stereocenters. The first-order chi connectivity index (χ1) is 12.2. The highest BCUT2D eigenvalue weighted by atomic mass is 35.5. The van der Waals surface area contributed by atoms with Crippen LogP contribution in [0.3, 0.4) is 0 Å². The van der Waals surface area contributed by atoms with Gasteiger partial charge in [-0.2, -0.15) is 0 Å². The van der Waals surface area contributed by atoms with E-state index in [1.165, 1.54) is 0 Å². The fraction of sp³-hybridized carbons (Fsp3) is 0.158. The highest BCUT2D eigenvalue weighted by Gasteiger charge is 2.23. The number of benzene rings is 1. The third kappa shape index (κ3) is 2.66. The van der Waals surface area contributed by atoms with Crippen LogP contribution >= 0.6 is 11.6 Å². The van der Waals surface area contributed by atoms with Gasteiger partial charge in [0.05, 0.1) is 17.5 Å². The fourth-order valence-corrected chi connectivity index (χ4v) is 3.24. The van der Waals surface area contributed by atoms with Crippen LogP contribution in [0.25, 0.3) is 22.1 Å². The molecule has 0 amide bonds. The molecule has 0 aliphatic rings. The Morgan fingerprint density at radius 3 is 2.80 bits per heavy atom. The summed E-state index contributed by atoms with van der Waals surface area (Å²) in [5.74, 6) is -0.391. The van der Waals surface area contributed by atoms with Crippen molar-refractivity contribution in [2.24, 2.45) is 0 Å². The summed E-state index contributed by atoms with van der Waals surface area (Å²) in [6, 6.07) is 13.3. The van der Waals surface area contributed by atoms with E-state index in [1.807, 2.05) is 34.9 Å². The molecule has 0 saturated heterocycles. The minimum Gasteiger partial charge on any atom is -0.461 e. The minimum absolute atomic E-state index is 0.305. The van der Waals surface area contributed by atoms with Crippen molar-refractivity contribution < 1.29 is 13.9 Å². The molecule has 0 aliphatic heterocycles. The second-order valence-corrected chi connectivity index (χ2v) is 5.97. The molecule has 0 aliphatic carbocycles. The number of fused-ring (bicyclic) bond motifs is 3. The van der Waals surface area contributed by atoms with E-state index in [0.29, 0.717) is 40.6 Å². The lowest BCUT2D eigenvalue weighted by Crippen LogP contribution is -2.13. The molecule has 0 N–H and O–H groups in total. The zero-order chi connectivity index (χ0) is 17.4. The van der Waals surface area contributed by atoms with Crippen LogP contribution in [0.1, 0.15) is 23.0 Å². The van der Waals surface area contributed by atoms with E-state index in [-0.39, 0.29) is 0 Å². The molecule has 0 saturated carbocycles. The van der Waals surface area contributed by atoms with Crippen LogP contribution in [-0.2, 0) is 11.3 Å². The molecule has 0 radical (unpaired) electrons. The lowest BCUT2D eigenvalue weighted by Gasteiger charge is -2.10. The SMILES string of the molecule is CCOC(=O)c1cc2oc3ccnc(Cl)c3c2n1Cc1ccccc1. The molecule has 0 spiro atoms. The van der Waals surface area contributed by atoms with Crippen molar-refractivity contribution in [1.82, 2.24) is 9.55 Å². The average Bonchev–Trinajstić information content (AvgIpc) is 3.13. The minimum atomic E-state index is -0.391. The van der Waals surface area contributed by atoms with Gasteiger partial charge in [-0.05, 0) is 18.6 Å². The Kier molecular flexibility index (Phi) is 3.93. The molecule has 5 nitrogen and oxygen atoms in total. The van der Waals surface area contributed by atoms with E-state index >= 15 is 0 Å². The number of pyridine rings is 1. The van der Waals surface area contributed by atoms with Crippen LogP contribution in [-0.4, -0.2) is 22.1 Å². The van der Waals surface area contributed by atoms with E-state index in [9.17, 15) is 4.79 Å². The highest BCUT2D eigenvalue weighted by molar-refractivity contribution is 6.36. The van der Waals surface area contributed by atoms with Crippen molar-refractivity contribution in [1.29, 1.82) is 0 Å². The Hall–Kier alpha value is -2.79. The lowest BCUT2D eigenvalue weighted by atomic mass is 10.2. The molecule has 3 aromatic heterocycles. The molecule has 126 valence electrons. The number of furan rings is 1. The van der Waals surface area contributed by atoms with E-state index in [2.05, 4.69) is 4.98 Å². The fourth-order valence-electron chi connectivity index (χ4n) is 3.00. The van der Waals surface area contributed by atoms with Crippen molar-refractivity contribution in [2.45, 2.75) is 13.5 Å². The lowest BCUT2D eigenvalue weighted by molar-refractivity contribution is 0.0515. The third-order valence-electron chi connectivity index (χ3n) is 4.05. The highest BCUT2D eigenvalue weighted by Crippen LogP contribution is 2.35. The topological polar surface area (TPSA) is 57.3 Å². The summed E-state index contributed by atoms with van der Waals surface area (Å²) < 4.78 is 12.9. The maximum absolute atomic E-state index is 12.4. The van der Waals surface area contributed by atoms with E-state index in [1.54, 1.807) is 25.3 Å². The molecular weight excluding hydrogens is 340 g/mol. The maximum atomic E-state index is 12.4. The second kappa shape index (κ2) is 6.26. The van der Waals surface area contributed by atoms with Crippen LogP contribution in [0.2, 0.25) is 5.15 Å². The predicted octanol–water partition coefficient (Wildman–Crippen LogP) is 4.66. The third-order valence-corrected chi connectivity index (χ3v) is 4.34. The molecule has 6 heteroatoms. The maximum Gasteiger partial charge on any atom is 0.355 e. The number of carbonyl (C=O) groups excluding carboxylic acids is 1. The Bertz CT molecular complexity index is 1070. The summed E-state index contributed by atoms with van der Waals surface area (Å²) >= 11 is 6.30. The normalized spacial score (nSPS) is 11.3. The molecule has 3 heterocycles. The van der Waals surface area contributed by atoms with Crippen molar-refractivity contribution in [3.8, 4) is 0 Å². The van der Waals surface area contributed by atoms with Crippen LogP contribution in [0, 0.1) is 0 Å². The van der Waals surface area contributed by atoms with Crippen molar-refractivity contribution in [3.05, 3.63) is 65.1 Å². The van der Waals surface area contributed by atoms with Gasteiger partial charge < -0.3 is 13.7 Å². The van der Waals surface area contributed by atoms with Gasteiger partial charge in [-0.1, -0.05) is 41.9 Å². The summed E-state index contributed by atoms with van der Waals surface area (Å²) in [6.45, 7) is 2.58. The van der Waals surface area contributed by atoms with Gasteiger partial charge >= 0.3 is 5.97 Å². The molecule has 1 aromatic carbocycles. The first-order valence-corrected chi connectivity index (χ1v) is 8.34. The second-order valence-electron chi connectivity index (χ2n) is 5.61. The quantitative estimate of drug-likeness (QED) is 0.395. The van der Waals surface area contributed by atoms with Crippen molar-refractivity contribution in [3.63, 3.8) is 0 Å². The molecule has 4 rings (SSSR count). The Morgan fingerprint density at radius 2 is 2.04 bits per heavy atom. The van der Waals surface area contributed by atoms with Gasteiger partial charge in [0.25, 0.3) is 0 Å². The van der Waals surface area contributed by atoms with Gasteiger partial charge in [-0.15, -0.1) is 0 Å². The number of ether oxygens (including phenoxy) is 1. The standard InChI is InChI=1S/C19H15ClN2O3/c1-2-24-19(23)13-10-15-17(16-14(25-15)8-9-21-18(16)20)22(13)11-12-6-4-3-5-7-12/h3-10H,2,11H2,1H3. The molecule has 0 atom stereocenters. The summed E-state index contributed by atoms with van der Waals surface area (Å²) in [4.78, 5) is 16.6. The molecule has 4 aromatic rings. The average molecular weight is 355 g/mol. The number of rotatable bonds is 4. The number of hydrogen-bond acceptors (Lipinski definition) is 4. The molecule has 0 fully saturated rings. The summed E-state index contributed by atoms with van der Waals surface area (Å²) in [7, 11) is 0. The van der Waals surface area contributed by atoms with E-state index in [0.717, 1.165) is 11.1 Å². The van der Waals surface area contributed by atoms with Crippen molar-refractivity contribution in [2.75, 3.05) is 6.61 Å². The Labute approximate surface area is 148 Å². The van der Waals surface area contributed by atoms with Gasteiger partial charge in [-0.3, -0.25) is 0 Å². The Morgan fingerprint density at radius 1 is 1.24 bits per heavy atom. The number of nitrogens with zero attached hydrogens (tertiary/aromatic N) is 2. The number of aromatic nitrogens is 2. The zero-order valence-electron chi connectivity index (χ0n) is 13.5. The van der Waals surface area contributed by atoms with Gasteiger partial charge in [-0.25, -0.2) is 9.78 Å². The number of hydrogen-bond donors (Lipinski definition) is 0. The molecular formula is C19H15ClN2O3. The summed E-state index contributed by atoms with van der Waals surface area (Å²) in [5, 5.41) is 1.05. The van der Waals surface area contributed by atoms with E-state index < -0.39 is 5.97 Å². The van der Waals surface area contributed by atoms with Gasteiger partial charge in [0.1, 0.15) is 16.4 Å². The first-order valence-electron chi connectivity index (χ1n) is 7.96. The summed E-state index contributed by atoms with van der Waals surface area (Å²) in [5.41, 5.74) is 3.47. The monoisotopic (exact) mass is 354 g/mol. The van der Waals surface area contributed by atoms with Crippen LogP contribution in [0.4, 0.5) is 0 Å². The smallest absolute Gasteiger partial charge is 0.355 e. The number of halogens is 1. The Balaban J connectivity index is 1.98. The molecule has 0 bridgehead atoms. The van der Waals surface area contributed by atoms with Crippen LogP contribution in [0.5, 0.6) is 0 Å². The largest absolute Gasteiger partial charge is 0.461 e. The van der Waals surface area contributed by atoms with Gasteiger partial charge in [0.15, 0.2) is 5.58 Å².